The molecule has 0 fully saturated rings. The van der Waals surface area contributed by atoms with Gasteiger partial charge < -0.3 is 5.32 Å². The van der Waals surface area contributed by atoms with Gasteiger partial charge >= 0.3 is 0 Å². The van der Waals surface area contributed by atoms with Crippen LogP contribution in [0.15, 0.2) is 65.7 Å². The van der Waals surface area contributed by atoms with Crippen molar-refractivity contribution in [2.24, 2.45) is 0 Å². The topological polar surface area (TPSA) is 76.9 Å². The van der Waals surface area contributed by atoms with Gasteiger partial charge in [-0.25, -0.2) is 4.98 Å². The predicted molar refractivity (Wildman–Crippen MR) is 115 cm³/mol. The SMILES string of the molecule is O=C(Cn1cnc2c(-c3ccccc3)nsc2c1=O)NCCc1ccc(Cl)cc1. The Hall–Kier alpha value is -3.03. The molecule has 0 unspecified atom stereocenters. The second kappa shape index (κ2) is 8.55. The third-order valence-electron chi connectivity index (χ3n) is 4.46. The van der Waals surface area contributed by atoms with Gasteiger partial charge in [-0.05, 0) is 35.6 Å². The second-order valence-corrected chi connectivity index (χ2v) is 7.69. The second-order valence-electron chi connectivity index (χ2n) is 6.48. The average molecular weight is 425 g/mol. The fraction of sp³-hybridized carbons (Fsp3) is 0.143. The molecule has 29 heavy (non-hydrogen) atoms. The Morgan fingerprint density at radius 3 is 2.62 bits per heavy atom. The number of aromatic nitrogens is 3. The molecule has 0 spiro atoms. The Balaban J connectivity index is 1.44. The minimum atomic E-state index is -0.262. The fourth-order valence-electron chi connectivity index (χ4n) is 2.96. The van der Waals surface area contributed by atoms with Crippen molar-refractivity contribution in [3.8, 4) is 11.3 Å². The minimum Gasteiger partial charge on any atom is -0.354 e. The van der Waals surface area contributed by atoms with Crippen LogP contribution in [0.2, 0.25) is 5.02 Å². The molecular formula is C21H17ClN4O2S. The van der Waals surface area contributed by atoms with Gasteiger partial charge in [-0.2, -0.15) is 4.37 Å². The maximum atomic E-state index is 12.7. The van der Waals surface area contributed by atoms with Gasteiger partial charge in [0.05, 0.1) is 6.33 Å². The summed E-state index contributed by atoms with van der Waals surface area (Å²) in [5.41, 5.74) is 2.96. The third kappa shape index (κ3) is 4.36. The zero-order valence-corrected chi connectivity index (χ0v) is 16.9. The summed E-state index contributed by atoms with van der Waals surface area (Å²) in [6, 6.07) is 17.1. The summed E-state index contributed by atoms with van der Waals surface area (Å²) in [6.07, 6.45) is 2.09. The Morgan fingerprint density at radius 2 is 1.86 bits per heavy atom. The Bertz CT molecular complexity index is 1200. The molecule has 6 nitrogen and oxygen atoms in total. The van der Waals surface area contributed by atoms with Gasteiger partial charge in [0.25, 0.3) is 5.56 Å². The number of nitrogens with one attached hydrogen (secondary N) is 1. The van der Waals surface area contributed by atoms with Crippen LogP contribution in [0.5, 0.6) is 0 Å². The summed E-state index contributed by atoms with van der Waals surface area (Å²) in [6.45, 7) is 0.393. The molecule has 2 aromatic carbocycles. The highest BCUT2D eigenvalue weighted by molar-refractivity contribution is 7.13. The first-order valence-corrected chi connectivity index (χ1v) is 10.2. The standard InChI is InChI=1S/C21H17ClN4O2S/c22-16-8-6-14(7-9-16)10-11-23-17(27)12-26-13-24-19-18(15-4-2-1-3-5-15)25-29-20(19)21(26)28/h1-9,13H,10-12H2,(H,23,27). The average Bonchev–Trinajstić information content (AvgIpc) is 3.17. The van der Waals surface area contributed by atoms with Gasteiger partial charge in [0, 0.05) is 17.1 Å². The van der Waals surface area contributed by atoms with Gasteiger partial charge in [-0.3, -0.25) is 14.2 Å². The van der Waals surface area contributed by atoms with E-state index in [1.807, 2.05) is 54.6 Å². The molecule has 2 heterocycles. The number of fused-ring (bicyclic) bond motifs is 1. The summed E-state index contributed by atoms with van der Waals surface area (Å²) < 4.78 is 6.15. The van der Waals surface area contributed by atoms with E-state index in [4.69, 9.17) is 11.6 Å². The summed E-state index contributed by atoms with van der Waals surface area (Å²) in [5.74, 6) is -0.241. The number of hydrogen-bond acceptors (Lipinski definition) is 5. The zero-order chi connectivity index (χ0) is 20.2. The quantitative estimate of drug-likeness (QED) is 0.513. The minimum absolute atomic E-state index is 0.0824. The normalized spacial score (nSPS) is 10.9. The highest BCUT2D eigenvalue weighted by Gasteiger charge is 2.15. The highest BCUT2D eigenvalue weighted by atomic mass is 35.5. The van der Waals surface area contributed by atoms with Crippen LogP contribution >= 0.6 is 23.1 Å². The summed E-state index contributed by atoms with van der Waals surface area (Å²) in [4.78, 5) is 29.4. The van der Waals surface area contributed by atoms with E-state index in [9.17, 15) is 9.59 Å². The molecule has 1 amide bonds. The molecule has 0 radical (unpaired) electrons. The maximum Gasteiger partial charge on any atom is 0.273 e. The largest absolute Gasteiger partial charge is 0.354 e. The summed E-state index contributed by atoms with van der Waals surface area (Å²) in [5, 5.41) is 3.51. The van der Waals surface area contributed by atoms with Crippen molar-refractivity contribution in [3.05, 3.63) is 81.9 Å². The van der Waals surface area contributed by atoms with Gasteiger partial charge in [0.2, 0.25) is 5.91 Å². The van der Waals surface area contributed by atoms with E-state index in [2.05, 4.69) is 14.7 Å². The fourth-order valence-corrected chi connectivity index (χ4v) is 3.89. The molecule has 4 rings (SSSR count). The molecule has 146 valence electrons. The molecule has 0 aliphatic carbocycles. The van der Waals surface area contributed by atoms with E-state index in [0.717, 1.165) is 22.7 Å². The first-order valence-electron chi connectivity index (χ1n) is 9.03. The van der Waals surface area contributed by atoms with Crippen molar-refractivity contribution >= 4 is 39.3 Å². The van der Waals surface area contributed by atoms with Crippen LogP contribution in [0.25, 0.3) is 21.5 Å². The smallest absolute Gasteiger partial charge is 0.273 e. The first-order chi connectivity index (χ1) is 14.1. The van der Waals surface area contributed by atoms with Crippen LogP contribution in [-0.2, 0) is 17.8 Å². The zero-order valence-electron chi connectivity index (χ0n) is 15.3. The molecule has 0 saturated heterocycles. The van der Waals surface area contributed by atoms with E-state index in [0.29, 0.717) is 33.9 Å². The molecule has 0 bridgehead atoms. The monoisotopic (exact) mass is 424 g/mol. The van der Waals surface area contributed by atoms with Gasteiger partial charge in [-0.15, -0.1) is 0 Å². The van der Waals surface area contributed by atoms with Crippen molar-refractivity contribution < 1.29 is 4.79 Å². The third-order valence-corrected chi connectivity index (χ3v) is 5.54. The van der Waals surface area contributed by atoms with Crippen molar-refractivity contribution in [2.75, 3.05) is 6.54 Å². The van der Waals surface area contributed by atoms with E-state index in [-0.39, 0.29) is 18.0 Å². The molecule has 0 aliphatic heterocycles. The van der Waals surface area contributed by atoms with Crippen molar-refractivity contribution in [2.45, 2.75) is 13.0 Å². The lowest BCUT2D eigenvalue weighted by atomic mass is 10.1. The molecule has 4 aromatic rings. The Labute approximate surface area is 176 Å². The van der Waals surface area contributed by atoms with Gasteiger partial charge in [0.1, 0.15) is 22.5 Å². The van der Waals surface area contributed by atoms with Crippen molar-refractivity contribution in [1.82, 2.24) is 19.2 Å². The number of rotatable bonds is 6. The highest BCUT2D eigenvalue weighted by Crippen LogP contribution is 2.26. The van der Waals surface area contributed by atoms with Crippen molar-refractivity contribution in [3.63, 3.8) is 0 Å². The molecule has 8 heteroatoms. The maximum absolute atomic E-state index is 12.7. The van der Waals surface area contributed by atoms with Crippen LogP contribution in [0.3, 0.4) is 0 Å². The van der Waals surface area contributed by atoms with Crippen LogP contribution in [0, 0.1) is 0 Å². The first kappa shape index (κ1) is 19.3. The molecule has 0 atom stereocenters. The van der Waals surface area contributed by atoms with Crippen LogP contribution < -0.4 is 10.9 Å². The van der Waals surface area contributed by atoms with E-state index in [1.54, 1.807) is 0 Å². The molecule has 2 aromatic heterocycles. The van der Waals surface area contributed by atoms with Crippen LogP contribution in [0.4, 0.5) is 0 Å². The lowest BCUT2D eigenvalue weighted by molar-refractivity contribution is -0.121. The Morgan fingerprint density at radius 1 is 1.10 bits per heavy atom. The number of carbonyl (C=O) groups is 1. The number of benzene rings is 2. The molecule has 1 N–H and O–H groups in total. The number of carbonyl (C=O) groups excluding carboxylic acids is 1. The predicted octanol–water partition coefficient (Wildman–Crippen LogP) is 3.53. The van der Waals surface area contributed by atoms with E-state index in [1.165, 1.54) is 10.9 Å². The molecule has 0 saturated carbocycles. The molecule has 0 aliphatic rings. The Kier molecular flexibility index (Phi) is 5.69. The molecular weight excluding hydrogens is 408 g/mol. The van der Waals surface area contributed by atoms with Gasteiger partial charge in [-0.1, -0.05) is 54.1 Å². The van der Waals surface area contributed by atoms with E-state index < -0.39 is 0 Å². The van der Waals surface area contributed by atoms with Crippen LogP contribution in [-0.4, -0.2) is 26.4 Å². The number of halogens is 1. The van der Waals surface area contributed by atoms with E-state index >= 15 is 0 Å². The summed E-state index contributed by atoms with van der Waals surface area (Å²) >= 11 is 6.97. The van der Waals surface area contributed by atoms with Crippen molar-refractivity contribution in [1.29, 1.82) is 0 Å². The summed E-state index contributed by atoms with van der Waals surface area (Å²) in [7, 11) is 0. The number of nitrogens with zero attached hydrogens (tertiary/aromatic N) is 3. The lowest BCUT2D eigenvalue weighted by Crippen LogP contribution is -2.33. The van der Waals surface area contributed by atoms with Gasteiger partial charge in [0.15, 0.2) is 0 Å². The number of hydrogen-bond donors (Lipinski definition) is 1. The lowest BCUT2D eigenvalue weighted by Gasteiger charge is -2.07. The number of amides is 1. The van der Waals surface area contributed by atoms with Crippen LogP contribution in [0.1, 0.15) is 5.56 Å².